The molecule has 1 amide bonds. The molecule has 2 aromatic carbocycles. The van der Waals surface area contributed by atoms with E-state index in [-0.39, 0.29) is 18.2 Å². The second-order valence-electron chi connectivity index (χ2n) is 8.34. The topological polar surface area (TPSA) is 29.5 Å². The van der Waals surface area contributed by atoms with Gasteiger partial charge in [0.25, 0.3) is 0 Å². The predicted octanol–water partition coefficient (Wildman–Crippen LogP) is 5.89. The molecular weight excluding hydrogens is 334 g/mol. The number of rotatable bonds is 4. The Bertz CT molecular complexity index is 785. The average molecular weight is 361 g/mol. The van der Waals surface area contributed by atoms with Crippen molar-refractivity contribution in [3.8, 4) is 0 Å². The second-order valence-corrected chi connectivity index (χ2v) is 8.34. The molecule has 0 radical (unpaired) electrons. The molecule has 0 aromatic heterocycles. The van der Waals surface area contributed by atoms with Gasteiger partial charge in [-0.15, -0.1) is 0 Å². The van der Waals surface area contributed by atoms with E-state index in [1.165, 1.54) is 37.7 Å². The SMILES string of the molecule is O=C1O[C@H](c2ccccc2)[C@H](c2ccccc2)N1[C@H]1C[C@@H]1C1CCCCC1. The third-order valence-corrected chi connectivity index (χ3v) is 6.71. The fourth-order valence-electron chi connectivity index (χ4n) is 5.30. The highest BCUT2D eigenvalue weighted by Gasteiger charge is 2.55. The molecule has 1 heterocycles. The van der Waals surface area contributed by atoms with E-state index < -0.39 is 0 Å². The minimum atomic E-state index is -0.228. The summed E-state index contributed by atoms with van der Waals surface area (Å²) in [5, 5.41) is 0. The Labute approximate surface area is 161 Å². The Kier molecular flexibility index (Phi) is 4.39. The van der Waals surface area contributed by atoms with Crippen LogP contribution in [-0.2, 0) is 4.74 Å². The molecule has 5 rings (SSSR count). The summed E-state index contributed by atoms with van der Waals surface area (Å²) >= 11 is 0. The molecular formula is C24H27NO2. The number of ether oxygens (including phenoxy) is 1. The quantitative estimate of drug-likeness (QED) is 0.679. The average Bonchev–Trinajstić information content (AvgIpc) is 3.45. The van der Waals surface area contributed by atoms with Gasteiger partial charge in [0.1, 0.15) is 6.04 Å². The van der Waals surface area contributed by atoms with Crippen LogP contribution in [-0.4, -0.2) is 17.0 Å². The van der Waals surface area contributed by atoms with Gasteiger partial charge < -0.3 is 4.74 Å². The van der Waals surface area contributed by atoms with E-state index in [1.54, 1.807) is 0 Å². The molecule has 0 N–H and O–H groups in total. The third-order valence-electron chi connectivity index (χ3n) is 6.71. The van der Waals surface area contributed by atoms with Crippen LogP contribution in [0.3, 0.4) is 0 Å². The molecule has 0 bridgehead atoms. The van der Waals surface area contributed by atoms with Crippen molar-refractivity contribution < 1.29 is 9.53 Å². The Morgan fingerprint density at radius 1 is 0.815 bits per heavy atom. The van der Waals surface area contributed by atoms with E-state index in [0.717, 1.165) is 17.9 Å². The van der Waals surface area contributed by atoms with Crippen LogP contribution >= 0.6 is 0 Å². The van der Waals surface area contributed by atoms with Crippen LogP contribution < -0.4 is 0 Å². The van der Waals surface area contributed by atoms with E-state index in [9.17, 15) is 4.79 Å². The Morgan fingerprint density at radius 2 is 1.44 bits per heavy atom. The standard InChI is InChI=1S/C24H27NO2/c26-24-25(21-16-20(21)17-10-4-1-5-11-17)22(18-12-6-2-7-13-18)23(27-24)19-14-8-3-9-15-19/h2-3,6-9,12-15,17,20-23H,1,4-5,10-11,16H2/t20-,21+,22+,23-/m1/s1. The summed E-state index contributed by atoms with van der Waals surface area (Å²) in [5.74, 6) is 1.46. The summed E-state index contributed by atoms with van der Waals surface area (Å²) in [7, 11) is 0. The van der Waals surface area contributed by atoms with Crippen molar-refractivity contribution in [2.24, 2.45) is 11.8 Å². The summed E-state index contributed by atoms with van der Waals surface area (Å²) in [6, 6.07) is 20.9. The van der Waals surface area contributed by atoms with Gasteiger partial charge in [-0.3, -0.25) is 4.90 Å². The minimum Gasteiger partial charge on any atom is -0.439 e. The predicted molar refractivity (Wildman–Crippen MR) is 105 cm³/mol. The fourth-order valence-corrected chi connectivity index (χ4v) is 5.30. The number of carbonyl (C=O) groups is 1. The van der Waals surface area contributed by atoms with Crippen molar-refractivity contribution in [3.05, 3.63) is 71.8 Å². The molecule has 27 heavy (non-hydrogen) atoms. The van der Waals surface area contributed by atoms with Crippen LogP contribution in [0.5, 0.6) is 0 Å². The number of amides is 1. The molecule has 3 fully saturated rings. The van der Waals surface area contributed by atoms with Crippen LogP contribution in [0, 0.1) is 11.8 Å². The van der Waals surface area contributed by atoms with Gasteiger partial charge in [-0.1, -0.05) is 92.8 Å². The molecule has 3 heteroatoms. The van der Waals surface area contributed by atoms with Crippen LogP contribution in [0.4, 0.5) is 4.79 Å². The van der Waals surface area contributed by atoms with Crippen molar-refractivity contribution in [1.82, 2.24) is 4.90 Å². The van der Waals surface area contributed by atoms with Crippen molar-refractivity contribution in [1.29, 1.82) is 0 Å². The zero-order valence-corrected chi connectivity index (χ0v) is 15.7. The van der Waals surface area contributed by atoms with E-state index >= 15 is 0 Å². The lowest BCUT2D eigenvalue weighted by Gasteiger charge is -2.28. The number of hydrogen-bond acceptors (Lipinski definition) is 2. The van der Waals surface area contributed by atoms with Crippen molar-refractivity contribution in [3.63, 3.8) is 0 Å². The Balaban J connectivity index is 1.45. The van der Waals surface area contributed by atoms with Crippen LogP contribution in [0.25, 0.3) is 0 Å². The molecule has 0 unspecified atom stereocenters. The number of cyclic esters (lactones) is 1. The molecule has 3 nitrogen and oxygen atoms in total. The van der Waals surface area contributed by atoms with Gasteiger partial charge >= 0.3 is 6.09 Å². The van der Waals surface area contributed by atoms with Gasteiger partial charge in [0.05, 0.1) is 0 Å². The lowest BCUT2D eigenvalue weighted by Crippen LogP contribution is -2.32. The number of nitrogens with zero attached hydrogens (tertiary/aromatic N) is 1. The molecule has 0 spiro atoms. The molecule has 3 aliphatic rings. The van der Waals surface area contributed by atoms with Gasteiger partial charge in [0.15, 0.2) is 6.10 Å². The summed E-state index contributed by atoms with van der Waals surface area (Å²) < 4.78 is 5.95. The van der Waals surface area contributed by atoms with Gasteiger partial charge in [0, 0.05) is 6.04 Å². The normalized spacial score (nSPS) is 31.0. The smallest absolute Gasteiger partial charge is 0.411 e. The van der Waals surface area contributed by atoms with Crippen molar-refractivity contribution in [2.45, 2.75) is 56.7 Å². The summed E-state index contributed by atoms with van der Waals surface area (Å²) in [6.07, 6.45) is 7.53. The van der Waals surface area contributed by atoms with Crippen LogP contribution in [0.15, 0.2) is 60.7 Å². The maximum atomic E-state index is 13.0. The zero-order valence-electron chi connectivity index (χ0n) is 15.7. The molecule has 2 aromatic rings. The summed E-state index contributed by atoms with van der Waals surface area (Å²) in [5.41, 5.74) is 2.25. The molecule has 2 saturated carbocycles. The lowest BCUT2D eigenvalue weighted by atomic mass is 9.85. The first kappa shape index (κ1) is 16.9. The monoisotopic (exact) mass is 361 g/mol. The first-order valence-electron chi connectivity index (χ1n) is 10.4. The van der Waals surface area contributed by atoms with Gasteiger partial charge in [-0.2, -0.15) is 0 Å². The Morgan fingerprint density at radius 3 is 2.11 bits per heavy atom. The van der Waals surface area contributed by atoms with Gasteiger partial charge in [0.2, 0.25) is 0 Å². The number of benzene rings is 2. The van der Waals surface area contributed by atoms with E-state index in [4.69, 9.17) is 4.74 Å². The van der Waals surface area contributed by atoms with Crippen molar-refractivity contribution in [2.75, 3.05) is 0 Å². The van der Waals surface area contributed by atoms with E-state index in [2.05, 4.69) is 41.3 Å². The first-order valence-corrected chi connectivity index (χ1v) is 10.4. The van der Waals surface area contributed by atoms with Gasteiger partial charge in [-0.05, 0) is 29.4 Å². The van der Waals surface area contributed by atoms with Crippen molar-refractivity contribution >= 4 is 6.09 Å². The van der Waals surface area contributed by atoms with Crippen LogP contribution in [0.2, 0.25) is 0 Å². The van der Waals surface area contributed by atoms with E-state index in [0.29, 0.717) is 12.0 Å². The highest BCUT2D eigenvalue weighted by molar-refractivity contribution is 5.72. The fraction of sp³-hybridized carbons (Fsp3) is 0.458. The molecule has 2 aliphatic carbocycles. The Hall–Kier alpha value is -2.29. The summed E-state index contributed by atoms with van der Waals surface area (Å²) in [6.45, 7) is 0. The molecule has 1 saturated heterocycles. The highest BCUT2D eigenvalue weighted by atomic mass is 16.6. The maximum Gasteiger partial charge on any atom is 0.411 e. The largest absolute Gasteiger partial charge is 0.439 e. The number of carbonyl (C=O) groups excluding carboxylic acids is 1. The number of hydrogen-bond donors (Lipinski definition) is 0. The minimum absolute atomic E-state index is 0.0281. The summed E-state index contributed by atoms with van der Waals surface area (Å²) in [4.78, 5) is 15.0. The first-order chi connectivity index (χ1) is 13.3. The zero-order chi connectivity index (χ0) is 18.2. The van der Waals surface area contributed by atoms with Gasteiger partial charge in [-0.25, -0.2) is 4.79 Å². The van der Waals surface area contributed by atoms with Crippen LogP contribution in [0.1, 0.15) is 61.8 Å². The highest BCUT2D eigenvalue weighted by Crippen LogP contribution is 2.54. The third kappa shape index (κ3) is 3.13. The second kappa shape index (κ2) is 7.03. The van der Waals surface area contributed by atoms with E-state index in [1.807, 2.05) is 24.3 Å². The lowest BCUT2D eigenvalue weighted by molar-refractivity contribution is 0.129. The maximum absolute atomic E-state index is 13.0. The molecule has 1 aliphatic heterocycles. The molecule has 4 atom stereocenters. The molecule has 140 valence electrons.